The summed E-state index contributed by atoms with van der Waals surface area (Å²) in [5, 5.41) is 0.852. The lowest BCUT2D eigenvalue weighted by molar-refractivity contribution is 0.0521. The van der Waals surface area contributed by atoms with Crippen LogP contribution in [-0.4, -0.2) is 17.1 Å². The van der Waals surface area contributed by atoms with Crippen LogP contribution in [0.4, 0.5) is 0 Å². The Morgan fingerprint density at radius 3 is 2.76 bits per heavy atom. The third-order valence-electron chi connectivity index (χ3n) is 3.59. The van der Waals surface area contributed by atoms with E-state index in [1.807, 2.05) is 24.3 Å². The maximum Gasteiger partial charge on any atom is 0.345 e. The number of aryl methyl sites for hydroxylation is 2. The molecule has 2 aromatic heterocycles. The van der Waals surface area contributed by atoms with Gasteiger partial charge >= 0.3 is 5.97 Å². The van der Waals surface area contributed by atoms with Gasteiger partial charge in [0.2, 0.25) is 5.43 Å². The quantitative estimate of drug-likeness (QED) is 0.679. The minimum Gasteiger partial charge on any atom is -0.462 e. The summed E-state index contributed by atoms with van der Waals surface area (Å²) >= 11 is 0. The van der Waals surface area contributed by atoms with E-state index in [4.69, 9.17) is 9.15 Å². The van der Waals surface area contributed by atoms with Crippen LogP contribution in [0.25, 0.3) is 22.0 Å². The summed E-state index contributed by atoms with van der Waals surface area (Å²) in [6.45, 7) is 3.52. The predicted octanol–water partition coefficient (Wildman–Crippen LogP) is 2.77. The average molecular weight is 285 g/mol. The first-order valence-electron chi connectivity index (χ1n) is 6.74. The van der Waals surface area contributed by atoms with Crippen LogP contribution in [0, 0.1) is 6.92 Å². The smallest absolute Gasteiger partial charge is 0.345 e. The van der Waals surface area contributed by atoms with Crippen LogP contribution in [0.15, 0.2) is 33.5 Å². The third kappa shape index (κ3) is 1.85. The minimum absolute atomic E-state index is 0.0322. The van der Waals surface area contributed by atoms with Crippen LogP contribution in [0.2, 0.25) is 0 Å². The minimum atomic E-state index is -0.643. The molecule has 0 spiro atoms. The number of hydrogen-bond acceptors (Lipinski definition) is 4. The molecule has 0 bridgehead atoms. The van der Waals surface area contributed by atoms with Gasteiger partial charge in [-0.25, -0.2) is 4.79 Å². The molecule has 0 atom stereocenters. The molecule has 3 rings (SSSR count). The maximum absolute atomic E-state index is 12.7. The van der Waals surface area contributed by atoms with E-state index in [-0.39, 0.29) is 23.4 Å². The van der Waals surface area contributed by atoms with Crippen LogP contribution in [0.1, 0.15) is 23.0 Å². The Bertz CT molecular complexity index is 917. The molecule has 0 aliphatic rings. The molecule has 0 saturated heterocycles. The second-order valence-corrected chi connectivity index (χ2v) is 4.84. The summed E-state index contributed by atoms with van der Waals surface area (Å²) in [5.41, 5.74) is 1.38. The van der Waals surface area contributed by atoms with Gasteiger partial charge in [-0.1, -0.05) is 12.1 Å². The normalized spacial score (nSPS) is 11.2. The molecule has 0 N–H and O–H groups in total. The van der Waals surface area contributed by atoms with Gasteiger partial charge in [0.15, 0.2) is 5.58 Å². The Kier molecular flexibility index (Phi) is 3.05. The molecule has 0 aliphatic carbocycles. The van der Waals surface area contributed by atoms with E-state index in [0.29, 0.717) is 11.1 Å². The summed E-state index contributed by atoms with van der Waals surface area (Å²) in [4.78, 5) is 24.6. The molecule has 0 fully saturated rings. The molecular weight excluding hydrogens is 270 g/mol. The first kappa shape index (κ1) is 13.4. The van der Waals surface area contributed by atoms with Crippen LogP contribution >= 0.6 is 0 Å². The maximum atomic E-state index is 12.7. The molecule has 108 valence electrons. The van der Waals surface area contributed by atoms with Crippen LogP contribution < -0.4 is 5.43 Å². The Morgan fingerprint density at radius 1 is 1.33 bits per heavy atom. The van der Waals surface area contributed by atoms with Crippen molar-refractivity contribution in [3.63, 3.8) is 0 Å². The van der Waals surface area contributed by atoms with Gasteiger partial charge in [-0.2, -0.15) is 0 Å². The Morgan fingerprint density at radius 2 is 2.05 bits per heavy atom. The topological polar surface area (TPSA) is 61.4 Å². The second-order valence-electron chi connectivity index (χ2n) is 4.84. The number of rotatable bonds is 2. The van der Waals surface area contributed by atoms with Gasteiger partial charge in [-0.05, 0) is 26.0 Å². The zero-order chi connectivity index (χ0) is 15.1. The number of hydrogen-bond donors (Lipinski definition) is 0. The van der Waals surface area contributed by atoms with Crippen molar-refractivity contribution in [2.45, 2.75) is 13.8 Å². The molecule has 5 nitrogen and oxygen atoms in total. The highest BCUT2D eigenvalue weighted by Gasteiger charge is 2.23. The van der Waals surface area contributed by atoms with Crippen molar-refractivity contribution in [1.29, 1.82) is 0 Å². The summed E-state index contributed by atoms with van der Waals surface area (Å²) in [6, 6.07) is 7.58. The molecule has 21 heavy (non-hydrogen) atoms. The number of benzene rings is 1. The number of para-hydroxylation sites is 1. The van der Waals surface area contributed by atoms with E-state index in [2.05, 4.69) is 0 Å². The number of nitrogens with zero attached hydrogens (tertiary/aromatic N) is 1. The van der Waals surface area contributed by atoms with Crippen molar-refractivity contribution in [3.8, 4) is 0 Å². The van der Waals surface area contributed by atoms with Crippen molar-refractivity contribution in [2.24, 2.45) is 7.05 Å². The largest absolute Gasteiger partial charge is 0.462 e. The van der Waals surface area contributed by atoms with Gasteiger partial charge in [0, 0.05) is 12.4 Å². The SMILES string of the molecule is CCOC(=O)c1c(C)oc2c3ccccc3n(C)c2c1=O. The molecule has 0 radical (unpaired) electrons. The average Bonchev–Trinajstić information content (AvgIpc) is 2.73. The first-order valence-corrected chi connectivity index (χ1v) is 6.74. The van der Waals surface area contributed by atoms with Crippen molar-refractivity contribution in [3.05, 3.63) is 45.8 Å². The Hall–Kier alpha value is -2.56. The number of carbonyl (C=O) groups excluding carboxylic acids is 1. The summed E-state index contributed by atoms with van der Waals surface area (Å²) in [5.74, 6) is -0.363. The molecular formula is C16H15NO4. The van der Waals surface area contributed by atoms with Gasteiger partial charge in [0.05, 0.1) is 12.1 Å². The number of ether oxygens (including phenoxy) is 1. The second kappa shape index (κ2) is 4.77. The molecule has 1 aromatic carbocycles. The van der Waals surface area contributed by atoms with Gasteiger partial charge in [0.1, 0.15) is 16.8 Å². The molecule has 0 amide bonds. The highest BCUT2D eigenvalue weighted by molar-refractivity contribution is 6.06. The molecule has 5 heteroatoms. The van der Waals surface area contributed by atoms with Crippen molar-refractivity contribution >= 4 is 28.0 Å². The van der Waals surface area contributed by atoms with Gasteiger partial charge in [-0.3, -0.25) is 4.79 Å². The predicted molar refractivity (Wildman–Crippen MR) is 79.7 cm³/mol. The number of esters is 1. The lowest BCUT2D eigenvalue weighted by Crippen LogP contribution is -2.20. The van der Waals surface area contributed by atoms with Crippen molar-refractivity contribution < 1.29 is 13.9 Å². The Balaban J connectivity index is 2.46. The monoisotopic (exact) mass is 285 g/mol. The highest BCUT2D eigenvalue weighted by Crippen LogP contribution is 2.27. The number of fused-ring (bicyclic) bond motifs is 3. The van der Waals surface area contributed by atoms with Crippen LogP contribution in [-0.2, 0) is 11.8 Å². The summed E-state index contributed by atoms with van der Waals surface area (Å²) in [6.07, 6.45) is 0. The van der Waals surface area contributed by atoms with Crippen molar-refractivity contribution in [1.82, 2.24) is 4.57 Å². The van der Waals surface area contributed by atoms with Crippen LogP contribution in [0.5, 0.6) is 0 Å². The molecule has 3 aromatic rings. The van der Waals surface area contributed by atoms with E-state index in [9.17, 15) is 9.59 Å². The fourth-order valence-electron chi connectivity index (χ4n) is 2.64. The fraction of sp³-hybridized carbons (Fsp3) is 0.250. The van der Waals surface area contributed by atoms with E-state index < -0.39 is 5.97 Å². The van der Waals surface area contributed by atoms with Gasteiger partial charge in [0.25, 0.3) is 0 Å². The summed E-state index contributed by atoms with van der Waals surface area (Å²) < 4.78 is 12.4. The zero-order valence-electron chi connectivity index (χ0n) is 12.1. The fourth-order valence-corrected chi connectivity index (χ4v) is 2.64. The van der Waals surface area contributed by atoms with E-state index in [1.165, 1.54) is 0 Å². The van der Waals surface area contributed by atoms with Gasteiger partial charge in [-0.15, -0.1) is 0 Å². The first-order chi connectivity index (χ1) is 10.1. The number of carbonyl (C=O) groups is 1. The molecule has 0 saturated carbocycles. The summed E-state index contributed by atoms with van der Waals surface area (Å²) in [7, 11) is 1.78. The van der Waals surface area contributed by atoms with Crippen molar-refractivity contribution in [2.75, 3.05) is 6.61 Å². The highest BCUT2D eigenvalue weighted by atomic mass is 16.5. The lowest BCUT2D eigenvalue weighted by Gasteiger charge is -2.05. The molecule has 0 unspecified atom stereocenters. The standard InChI is InChI=1S/C16H15NO4/c1-4-20-16(19)12-9(2)21-15-10-7-5-6-8-11(10)17(3)13(15)14(12)18/h5-8H,4H2,1-3H3. The Labute approximate surface area is 120 Å². The van der Waals surface area contributed by atoms with E-state index in [1.54, 1.807) is 25.5 Å². The van der Waals surface area contributed by atoms with Crippen LogP contribution in [0.3, 0.4) is 0 Å². The molecule has 0 aliphatic heterocycles. The lowest BCUT2D eigenvalue weighted by atomic mass is 10.2. The van der Waals surface area contributed by atoms with E-state index >= 15 is 0 Å². The van der Waals surface area contributed by atoms with E-state index in [0.717, 1.165) is 10.9 Å². The molecule has 2 heterocycles. The third-order valence-corrected chi connectivity index (χ3v) is 3.59. The van der Waals surface area contributed by atoms with Gasteiger partial charge < -0.3 is 13.7 Å². The number of aromatic nitrogens is 1. The zero-order valence-corrected chi connectivity index (χ0v) is 12.1.